The van der Waals surface area contributed by atoms with E-state index in [4.69, 9.17) is 11.6 Å². The van der Waals surface area contributed by atoms with Crippen LogP contribution >= 0.6 is 11.6 Å². The molecule has 0 fully saturated rings. The second-order valence-corrected chi connectivity index (χ2v) is 6.72. The molecule has 25 heavy (non-hydrogen) atoms. The van der Waals surface area contributed by atoms with Gasteiger partial charge in [-0.25, -0.2) is 0 Å². The fourth-order valence-corrected chi connectivity index (χ4v) is 3.32. The zero-order valence-electron chi connectivity index (χ0n) is 14.5. The van der Waals surface area contributed by atoms with Crippen molar-refractivity contribution >= 4 is 34.8 Å². The van der Waals surface area contributed by atoms with Gasteiger partial charge in [0.15, 0.2) is 0 Å². The summed E-state index contributed by atoms with van der Waals surface area (Å²) in [6.45, 7) is 4.05. The van der Waals surface area contributed by atoms with E-state index in [2.05, 4.69) is 6.07 Å². The Kier molecular flexibility index (Phi) is 5.09. The third-order valence-corrected chi connectivity index (χ3v) is 4.96. The van der Waals surface area contributed by atoms with Gasteiger partial charge in [0.1, 0.15) is 6.54 Å². The Labute approximate surface area is 153 Å². The van der Waals surface area contributed by atoms with Crippen molar-refractivity contribution in [2.45, 2.75) is 26.7 Å². The van der Waals surface area contributed by atoms with Gasteiger partial charge in [0, 0.05) is 29.9 Å². The van der Waals surface area contributed by atoms with Crippen LogP contribution in [-0.2, 0) is 16.0 Å². The minimum absolute atomic E-state index is 0.00303. The molecule has 0 unspecified atom stereocenters. The number of carbonyl (C=O) groups is 2. The summed E-state index contributed by atoms with van der Waals surface area (Å²) in [4.78, 5) is 28.3. The van der Waals surface area contributed by atoms with Crippen LogP contribution in [0.4, 0.5) is 11.4 Å². The molecule has 2 amide bonds. The molecular weight excluding hydrogens is 336 g/mol. The maximum absolute atomic E-state index is 12.9. The number of halogens is 1. The first kappa shape index (κ1) is 17.5. The van der Waals surface area contributed by atoms with Crippen LogP contribution in [0.5, 0.6) is 0 Å². The first-order chi connectivity index (χ1) is 12.0. The topological polar surface area (TPSA) is 40.6 Å². The average Bonchev–Trinajstić information content (AvgIpc) is 2.61. The van der Waals surface area contributed by atoms with Crippen LogP contribution in [0.3, 0.4) is 0 Å². The summed E-state index contributed by atoms with van der Waals surface area (Å²) in [6.07, 6.45) is 1.91. The summed E-state index contributed by atoms with van der Waals surface area (Å²) in [5.41, 5.74) is 3.70. The molecule has 5 heteroatoms. The molecule has 3 rings (SSSR count). The summed E-state index contributed by atoms with van der Waals surface area (Å²) in [6, 6.07) is 13.4. The quantitative estimate of drug-likeness (QED) is 0.834. The van der Waals surface area contributed by atoms with E-state index in [0.717, 1.165) is 24.1 Å². The molecule has 2 aromatic carbocycles. The fourth-order valence-electron chi connectivity index (χ4n) is 3.15. The molecule has 130 valence electrons. The highest BCUT2D eigenvalue weighted by molar-refractivity contribution is 6.31. The van der Waals surface area contributed by atoms with Crippen molar-refractivity contribution in [3.8, 4) is 0 Å². The number of anilines is 2. The van der Waals surface area contributed by atoms with E-state index in [1.165, 1.54) is 17.4 Å². The van der Waals surface area contributed by atoms with Crippen molar-refractivity contribution in [1.82, 2.24) is 0 Å². The van der Waals surface area contributed by atoms with Gasteiger partial charge in [-0.05, 0) is 49.1 Å². The molecule has 0 radical (unpaired) electrons. The van der Waals surface area contributed by atoms with Gasteiger partial charge >= 0.3 is 0 Å². The van der Waals surface area contributed by atoms with Crippen LogP contribution < -0.4 is 9.80 Å². The third-order valence-electron chi connectivity index (χ3n) is 4.55. The third kappa shape index (κ3) is 3.69. The van der Waals surface area contributed by atoms with E-state index in [1.807, 2.05) is 37.3 Å². The lowest BCUT2D eigenvalue weighted by Crippen LogP contribution is -2.44. The van der Waals surface area contributed by atoms with Crippen molar-refractivity contribution < 1.29 is 9.59 Å². The molecule has 0 spiro atoms. The molecule has 1 aliphatic rings. The van der Waals surface area contributed by atoms with Crippen molar-refractivity contribution in [3.05, 3.63) is 58.6 Å². The molecule has 2 aromatic rings. The Balaban J connectivity index is 1.85. The normalized spacial score (nSPS) is 13.3. The SMILES string of the molecule is CC(=O)N(CC(=O)N1CCCc2ccccc21)c1ccc(C)c(Cl)c1. The molecule has 0 aromatic heterocycles. The van der Waals surface area contributed by atoms with Gasteiger partial charge < -0.3 is 9.80 Å². The second-order valence-electron chi connectivity index (χ2n) is 6.32. The van der Waals surface area contributed by atoms with Gasteiger partial charge in [-0.15, -0.1) is 0 Å². The van der Waals surface area contributed by atoms with Gasteiger partial charge in [0.05, 0.1) is 0 Å². The lowest BCUT2D eigenvalue weighted by molar-refractivity contribution is -0.121. The van der Waals surface area contributed by atoms with E-state index < -0.39 is 0 Å². The highest BCUT2D eigenvalue weighted by atomic mass is 35.5. The first-order valence-electron chi connectivity index (χ1n) is 8.40. The van der Waals surface area contributed by atoms with E-state index in [1.54, 1.807) is 11.0 Å². The van der Waals surface area contributed by atoms with Crippen molar-refractivity contribution in [3.63, 3.8) is 0 Å². The second kappa shape index (κ2) is 7.28. The number of nitrogens with zero attached hydrogens (tertiary/aromatic N) is 2. The van der Waals surface area contributed by atoms with Gasteiger partial charge in [-0.2, -0.15) is 0 Å². The fraction of sp³-hybridized carbons (Fsp3) is 0.300. The smallest absolute Gasteiger partial charge is 0.247 e. The monoisotopic (exact) mass is 356 g/mol. The Morgan fingerprint density at radius 1 is 1.20 bits per heavy atom. The van der Waals surface area contributed by atoms with Crippen molar-refractivity contribution in [1.29, 1.82) is 0 Å². The minimum atomic E-state index is -0.182. The Morgan fingerprint density at radius 2 is 1.96 bits per heavy atom. The van der Waals surface area contributed by atoms with Crippen molar-refractivity contribution in [2.24, 2.45) is 0 Å². The summed E-state index contributed by atoms with van der Waals surface area (Å²) in [7, 11) is 0. The Hall–Kier alpha value is -2.33. The Bertz CT molecular complexity index is 819. The molecule has 0 N–H and O–H groups in total. The first-order valence-corrected chi connectivity index (χ1v) is 8.77. The molecule has 0 saturated carbocycles. The van der Waals surface area contributed by atoms with Crippen LogP contribution in [0.25, 0.3) is 0 Å². The number of amides is 2. The molecule has 1 aliphatic heterocycles. The number of fused-ring (bicyclic) bond motifs is 1. The molecule has 4 nitrogen and oxygen atoms in total. The highest BCUT2D eigenvalue weighted by Gasteiger charge is 2.25. The minimum Gasteiger partial charge on any atom is -0.311 e. The van der Waals surface area contributed by atoms with E-state index in [9.17, 15) is 9.59 Å². The number of hydrogen-bond acceptors (Lipinski definition) is 2. The van der Waals surface area contributed by atoms with Gasteiger partial charge in [-0.1, -0.05) is 35.9 Å². The van der Waals surface area contributed by atoms with Gasteiger partial charge in [0.2, 0.25) is 11.8 Å². The molecular formula is C20H21ClN2O2. The number of hydrogen-bond donors (Lipinski definition) is 0. The number of para-hydroxylation sites is 1. The maximum Gasteiger partial charge on any atom is 0.247 e. The molecule has 0 aliphatic carbocycles. The zero-order valence-corrected chi connectivity index (χ0v) is 15.2. The average molecular weight is 357 g/mol. The predicted molar refractivity (Wildman–Crippen MR) is 101 cm³/mol. The number of aryl methyl sites for hydroxylation is 2. The lowest BCUT2D eigenvalue weighted by Gasteiger charge is -2.31. The maximum atomic E-state index is 12.9. The largest absolute Gasteiger partial charge is 0.311 e. The van der Waals surface area contributed by atoms with Crippen LogP contribution in [0, 0.1) is 6.92 Å². The molecule has 0 saturated heterocycles. The Morgan fingerprint density at radius 3 is 2.68 bits per heavy atom. The zero-order chi connectivity index (χ0) is 18.0. The van der Waals surface area contributed by atoms with Crippen LogP contribution in [-0.4, -0.2) is 24.9 Å². The van der Waals surface area contributed by atoms with Crippen molar-refractivity contribution in [2.75, 3.05) is 22.9 Å². The number of rotatable bonds is 3. The van der Waals surface area contributed by atoms with E-state index in [-0.39, 0.29) is 18.4 Å². The molecule has 0 atom stereocenters. The van der Waals surface area contributed by atoms with Gasteiger partial charge in [0.25, 0.3) is 0 Å². The van der Waals surface area contributed by atoms with E-state index in [0.29, 0.717) is 17.3 Å². The molecule has 1 heterocycles. The van der Waals surface area contributed by atoms with E-state index >= 15 is 0 Å². The summed E-state index contributed by atoms with van der Waals surface area (Å²) in [5.74, 6) is -0.266. The molecule has 0 bridgehead atoms. The van der Waals surface area contributed by atoms with Crippen LogP contribution in [0.15, 0.2) is 42.5 Å². The van der Waals surface area contributed by atoms with Gasteiger partial charge in [-0.3, -0.25) is 9.59 Å². The standard InChI is InChI=1S/C20H21ClN2O2/c1-14-9-10-17(12-18(14)21)23(15(2)24)13-20(25)22-11-5-7-16-6-3-4-8-19(16)22/h3-4,6,8-10,12H,5,7,11,13H2,1-2H3. The van der Waals surface area contributed by atoms with Crippen LogP contribution in [0.1, 0.15) is 24.5 Å². The lowest BCUT2D eigenvalue weighted by atomic mass is 10.0. The predicted octanol–water partition coefficient (Wildman–Crippen LogP) is 3.98. The summed E-state index contributed by atoms with van der Waals surface area (Å²) >= 11 is 6.18. The summed E-state index contributed by atoms with van der Waals surface area (Å²) < 4.78 is 0. The van der Waals surface area contributed by atoms with Crippen LogP contribution in [0.2, 0.25) is 5.02 Å². The number of benzene rings is 2. The number of carbonyl (C=O) groups excluding carboxylic acids is 2. The highest BCUT2D eigenvalue weighted by Crippen LogP contribution is 2.28. The summed E-state index contributed by atoms with van der Waals surface area (Å²) in [5, 5.41) is 0.583.